The van der Waals surface area contributed by atoms with E-state index in [-0.39, 0.29) is 35.4 Å². The van der Waals surface area contributed by atoms with Gasteiger partial charge in [-0.05, 0) is 69.2 Å². The van der Waals surface area contributed by atoms with Gasteiger partial charge in [0, 0.05) is 25.2 Å². The predicted molar refractivity (Wildman–Crippen MR) is 126 cm³/mol. The van der Waals surface area contributed by atoms with Gasteiger partial charge in [0.15, 0.2) is 0 Å². The Morgan fingerprint density at radius 1 is 1.06 bits per heavy atom. The van der Waals surface area contributed by atoms with Gasteiger partial charge < -0.3 is 15.2 Å². The van der Waals surface area contributed by atoms with Crippen molar-refractivity contribution >= 4 is 15.9 Å². The van der Waals surface area contributed by atoms with Crippen LogP contribution >= 0.6 is 0 Å². The molecule has 2 aromatic carbocycles. The van der Waals surface area contributed by atoms with Gasteiger partial charge in [-0.2, -0.15) is 4.31 Å². The van der Waals surface area contributed by atoms with E-state index in [2.05, 4.69) is 5.32 Å². The second kappa shape index (κ2) is 10.2. The lowest BCUT2D eigenvalue weighted by Crippen LogP contribution is -2.48. The summed E-state index contributed by atoms with van der Waals surface area (Å²) in [4.78, 5) is 13.0. The third-order valence-corrected chi connectivity index (χ3v) is 8.42. The fourth-order valence-electron chi connectivity index (χ4n) is 4.56. The van der Waals surface area contributed by atoms with Gasteiger partial charge >= 0.3 is 0 Å². The Balaban J connectivity index is 1.43. The first-order valence-electron chi connectivity index (χ1n) is 11.6. The average molecular weight is 473 g/mol. The molecule has 2 fully saturated rings. The van der Waals surface area contributed by atoms with Gasteiger partial charge in [-0.3, -0.25) is 4.79 Å². The number of para-hydroxylation sites is 1. The average Bonchev–Trinajstić information content (AvgIpc) is 2.82. The molecule has 2 aromatic rings. The molecule has 0 spiro atoms. The zero-order valence-corrected chi connectivity index (χ0v) is 19.8. The first-order valence-corrected chi connectivity index (χ1v) is 13.1. The normalized spacial score (nSPS) is 24.2. The highest BCUT2D eigenvalue weighted by molar-refractivity contribution is 7.89. The molecule has 2 aliphatic rings. The van der Waals surface area contributed by atoms with Crippen molar-refractivity contribution in [3.8, 4) is 11.5 Å². The van der Waals surface area contributed by atoms with E-state index in [0.29, 0.717) is 43.7 Å². The number of aryl methyl sites for hydroxylation is 1. The molecule has 0 aromatic heterocycles. The number of rotatable bonds is 6. The summed E-state index contributed by atoms with van der Waals surface area (Å²) < 4.78 is 34.1. The molecule has 1 saturated heterocycles. The van der Waals surface area contributed by atoms with Crippen molar-refractivity contribution in [3.63, 3.8) is 0 Å². The van der Waals surface area contributed by atoms with Crippen LogP contribution in [0, 0.1) is 12.8 Å². The third kappa shape index (κ3) is 5.75. The molecule has 1 amide bonds. The Labute approximate surface area is 195 Å². The van der Waals surface area contributed by atoms with Crippen LogP contribution < -0.4 is 10.1 Å². The predicted octanol–water partition coefficient (Wildman–Crippen LogP) is 3.61. The number of amides is 1. The fourth-order valence-corrected chi connectivity index (χ4v) is 6.12. The molecular weight excluding hydrogens is 440 g/mol. The first-order chi connectivity index (χ1) is 15.8. The molecule has 8 heteroatoms. The molecule has 0 unspecified atom stereocenters. The Morgan fingerprint density at radius 2 is 1.82 bits per heavy atom. The number of nitrogens with zero attached hydrogens (tertiary/aromatic N) is 1. The van der Waals surface area contributed by atoms with Gasteiger partial charge in [0.25, 0.3) is 0 Å². The Morgan fingerprint density at radius 3 is 2.58 bits per heavy atom. The van der Waals surface area contributed by atoms with E-state index in [1.54, 1.807) is 24.3 Å². The molecule has 4 rings (SSSR count). The number of aliphatic hydroxyl groups excluding tert-OH is 1. The first kappa shape index (κ1) is 23.7. The molecule has 1 aliphatic heterocycles. The minimum absolute atomic E-state index is 0.0585. The van der Waals surface area contributed by atoms with Crippen LogP contribution in [-0.4, -0.2) is 49.0 Å². The maximum Gasteiger partial charge on any atom is 0.243 e. The quantitative estimate of drug-likeness (QED) is 0.670. The van der Waals surface area contributed by atoms with Gasteiger partial charge in [0.05, 0.1) is 16.9 Å². The van der Waals surface area contributed by atoms with Crippen LogP contribution in [0.5, 0.6) is 11.5 Å². The van der Waals surface area contributed by atoms with Crippen molar-refractivity contribution in [1.29, 1.82) is 0 Å². The Bertz CT molecular complexity index is 1080. The number of ether oxygens (including phenoxy) is 1. The van der Waals surface area contributed by atoms with E-state index in [9.17, 15) is 18.3 Å². The molecule has 0 radical (unpaired) electrons. The fraction of sp³-hybridized carbons (Fsp3) is 0.480. The lowest BCUT2D eigenvalue weighted by molar-refractivity contribution is -0.127. The third-order valence-electron chi connectivity index (χ3n) is 6.56. The van der Waals surface area contributed by atoms with Crippen LogP contribution in [0.25, 0.3) is 0 Å². The van der Waals surface area contributed by atoms with Crippen molar-refractivity contribution in [2.24, 2.45) is 5.92 Å². The highest BCUT2D eigenvalue weighted by atomic mass is 32.2. The lowest BCUT2D eigenvalue weighted by atomic mass is 9.92. The highest BCUT2D eigenvalue weighted by Crippen LogP contribution is 2.29. The molecule has 178 valence electrons. The summed E-state index contributed by atoms with van der Waals surface area (Å²) in [5.41, 5.74) is 0.961. The Hall–Kier alpha value is -2.42. The van der Waals surface area contributed by atoms with E-state index in [1.165, 1.54) is 4.31 Å². The summed E-state index contributed by atoms with van der Waals surface area (Å²) in [6.45, 7) is 2.50. The molecule has 1 saturated carbocycles. The van der Waals surface area contributed by atoms with Crippen molar-refractivity contribution in [1.82, 2.24) is 9.62 Å². The molecule has 7 nitrogen and oxygen atoms in total. The van der Waals surface area contributed by atoms with Crippen LogP contribution in [-0.2, 0) is 14.8 Å². The van der Waals surface area contributed by atoms with E-state index in [0.717, 1.165) is 18.4 Å². The zero-order chi connectivity index (χ0) is 23.4. The molecular formula is C25H32N2O5S. The van der Waals surface area contributed by atoms with Crippen LogP contribution in [0.3, 0.4) is 0 Å². The molecule has 2 N–H and O–H groups in total. The second-order valence-corrected chi connectivity index (χ2v) is 11.0. The van der Waals surface area contributed by atoms with Gasteiger partial charge in [0.1, 0.15) is 11.5 Å². The number of piperidine rings is 1. The number of hydrogen-bond donors (Lipinski definition) is 2. The van der Waals surface area contributed by atoms with Gasteiger partial charge in [-0.1, -0.05) is 24.3 Å². The number of carbonyl (C=O) groups is 1. The van der Waals surface area contributed by atoms with Crippen LogP contribution in [0.1, 0.15) is 44.1 Å². The maximum absolute atomic E-state index is 13.4. The number of benzene rings is 2. The van der Waals surface area contributed by atoms with E-state index < -0.39 is 10.0 Å². The zero-order valence-electron chi connectivity index (χ0n) is 18.9. The number of hydrogen-bond acceptors (Lipinski definition) is 5. The van der Waals surface area contributed by atoms with Crippen LogP contribution in [0.4, 0.5) is 0 Å². The standard InChI is InChI=1S/C25H32N2O5S/c1-18-6-2-3-10-24(18)32-22-8-4-9-23(16-22)33(30,31)27-15-5-7-19(17-27)25(29)26-20-11-13-21(28)14-12-20/h2-4,6,8-10,16,19-21,28H,5,7,11-15,17H2,1H3,(H,26,29)/t19-,20?,21?/m0/s1. The van der Waals surface area contributed by atoms with E-state index >= 15 is 0 Å². The number of sulfonamides is 1. The summed E-state index contributed by atoms with van der Waals surface area (Å²) in [6, 6.07) is 14.1. The Kier molecular flexibility index (Phi) is 7.36. The number of aliphatic hydroxyl groups is 1. The summed E-state index contributed by atoms with van der Waals surface area (Å²) in [5.74, 6) is 0.674. The lowest BCUT2D eigenvalue weighted by Gasteiger charge is -2.33. The van der Waals surface area contributed by atoms with Gasteiger partial charge in [0.2, 0.25) is 15.9 Å². The topological polar surface area (TPSA) is 95.9 Å². The largest absolute Gasteiger partial charge is 0.457 e. The maximum atomic E-state index is 13.4. The molecule has 0 bridgehead atoms. The summed E-state index contributed by atoms with van der Waals surface area (Å²) in [6.07, 6.45) is 3.93. The SMILES string of the molecule is Cc1ccccc1Oc1cccc(S(=O)(=O)N2CCC[C@H](C(=O)NC3CCC(O)CC3)C2)c1. The van der Waals surface area contributed by atoms with Gasteiger partial charge in [-0.15, -0.1) is 0 Å². The molecule has 1 aliphatic carbocycles. The minimum atomic E-state index is -3.75. The van der Waals surface area contributed by atoms with E-state index in [1.807, 2.05) is 31.2 Å². The van der Waals surface area contributed by atoms with Crippen LogP contribution in [0.15, 0.2) is 53.4 Å². The molecule has 33 heavy (non-hydrogen) atoms. The highest BCUT2D eigenvalue weighted by Gasteiger charge is 2.34. The number of carbonyl (C=O) groups excluding carboxylic acids is 1. The summed E-state index contributed by atoms with van der Waals surface area (Å²) in [7, 11) is -3.75. The van der Waals surface area contributed by atoms with Crippen molar-refractivity contribution in [3.05, 3.63) is 54.1 Å². The minimum Gasteiger partial charge on any atom is -0.457 e. The van der Waals surface area contributed by atoms with Gasteiger partial charge in [-0.25, -0.2) is 8.42 Å². The molecule has 1 heterocycles. The van der Waals surface area contributed by atoms with E-state index in [4.69, 9.17) is 4.74 Å². The summed E-state index contributed by atoms with van der Waals surface area (Å²) >= 11 is 0. The second-order valence-electron chi connectivity index (χ2n) is 9.06. The van der Waals surface area contributed by atoms with Crippen LogP contribution in [0.2, 0.25) is 0 Å². The van der Waals surface area contributed by atoms with Crippen molar-refractivity contribution in [2.45, 2.75) is 62.5 Å². The monoisotopic (exact) mass is 472 g/mol. The van der Waals surface area contributed by atoms with Crippen molar-refractivity contribution < 1.29 is 23.1 Å². The number of nitrogens with one attached hydrogen (secondary N) is 1. The molecule has 1 atom stereocenters. The summed E-state index contributed by atoms with van der Waals surface area (Å²) in [5, 5.41) is 12.7. The smallest absolute Gasteiger partial charge is 0.243 e. The van der Waals surface area contributed by atoms with Crippen molar-refractivity contribution in [2.75, 3.05) is 13.1 Å².